The molecule has 0 radical (unpaired) electrons. The molecule has 0 rings (SSSR count). The van der Waals surface area contributed by atoms with Crippen molar-refractivity contribution in [2.45, 2.75) is 148 Å². The SMILES string of the molecule is CCCCCCCCCCCCCC(=O)O[C@@H](COCOCCCCCCCCCCNC(C)=O)COP(=O)([O-])[O-].[Na+].[Na+]. The van der Waals surface area contributed by atoms with Gasteiger partial charge in [-0.25, -0.2) is 0 Å². The van der Waals surface area contributed by atoms with Gasteiger partial charge in [-0.1, -0.05) is 110 Å². The van der Waals surface area contributed by atoms with Gasteiger partial charge in [-0.2, -0.15) is 0 Å². The number of unbranched alkanes of at least 4 members (excludes halogenated alkanes) is 17. The van der Waals surface area contributed by atoms with E-state index in [1.165, 1.54) is 71.1 Å². The van der Waals surface area contributed by atoms with Crippen LogP contribution in [0.15, 0.2) is 0 Å². The summed E-state index contributed by atoms with van der Waals surface area (Å²) < 4.78 is 31.3. The van der Waals surface area contributed by atoms with Crippen LogP contribution in [0.1, 0.15) is 142 Å². The second kappa shape index (κ2) is 35.8. The van der Waals surface area contributed by atoms with E-state index in [2.05, 4.69) is 16.8 Å². The van der Waals surface area contributed by atoms with E-state index in [9.17, 15) is 23.9 Å². The second-order valence-corrected chi connectivity index (χ2v) is 12.0. The van der Waals surface area contributed by atoms with Gasteiger partial charge in [0.15, 0.2) is 0 Å². The predicted molar refractivity (Wildman–Crippen MR) is 157 cm³/mol. The Balaban J connectivity index is -0.00000800. The second-order valence-electron chi connectivity index (χ2n) is 10.8. The molecule has 0 bridgehead atoms. The van der Waals surface area contributed by atoms with E-state index in [-0.39, 0.29) is 84.8 Å². The largest absolute Gasteiger partial charge is 1.00 e. The molecule has 1 amide bonds. The number of esters is 1. The van der Waals surface area contributed by atoms with Crippen LogP contribution in [0.2, 0.25) is 0 Å². The fraction of sp³-hybridized carbons (Fsp3) is 0.933. The molecule has 0 spiro atoms. The van der Waals surface area contributed by atoms with Crippen LogP contribution in [0, 0.1) is 0 Å². The maximum absolute atomic E-state index is 12.2. The third-order valence-corrected chi connectivity index (χ3v) is 7.23. The molecule has 0 aliphatic rings. The van der Waals surface area contributed by atoms with Gasteiger partial charge >= 0.3 is 65.1 Å². The Hall–Kier alpha value is 0.970. The fourth-order valence-electron chi connectivity index (χ4n) is 4.42. The van der Waals surface area contributed by atoms with Gasteiger partial charge in [0.25, 0.3) is 0 Å². The van der Waals surface area contributed by atoms with Crippen molar-refractivity contribution in [3.05, 3.63) is 0 Å². The molecule has 0 aromatic carbocycles. The van der Waals surface area contributed by atoms with Crippen molar-refractivity contribution in [3.63, 3.8) is 0 Å². The number of amides is 1. The minimum absolute atomic E-state index is 0. The zero-order valence-corrected chi connectivity index (χ0v) is 32.8. The fourth-order valence-corrected chi connectivity index (χ4v) is 4.77. The summed E-state index contributed by atoms with van der Waals surface area (Å²) in [7, 11) is -5.18. The molecule has 0 fully saturated rings. The van der Waals surface area contributed by atoms with Crippen molar-refractivity contribution >= 4 is 19.7 Å². The molecule has 0 saturated carbocycles. The van der Waals surface area contributed by atoms with Crippen molar-refractivity contribution in [1.82, 2.24) is 5.32 Å². The minimum Gasteiger partial charge on any atom is -0.790 e. The van der Waals surface area contributed by atoms with Gasteiger partial charge in [0, 0.05) is 26.5 Å². The summed E-state index contributed by atoms with van der Waals surface area (Å²) in [5.41, 5.74) is 0. The van der Waals surface area contributed by atoms with E-state index in [1.54, 1.807) is 0 Å². The summed E-state index contributed by atoms with van der Waals surface area (Å²) in [6.45, 7) is 4.33. The van der Waals surface area contributed by atoms with Gasteiger partial charge in [0.2, 0.25) is 5.91 Å². The third-order valence-electron chi connectivity index (χ3n) is 6.76. The molecule has 0 unspecified atom stereocenters. The molecule has 0 aromatic heterocycles. The standard InChI is InChI=1S/C30H60NO9P.2Na/c1-3-4-5-6-7-8-9-10-13-16-19-22-30(33)40-29(26-39-41(34,35)36)25-38-27-37-24-21-18-15-12-11-14-17-20-23-31-28(2)32;;/h29H,3-27H2,1-2H3,(H,31,32)(H2,34,35,36);;/q;2*+1/p-2/t29-;;/m0../s1. The number of rotatable bonds is 31. The van der Waals surface area contributed by atoms with Crippen molar-refractivity contribution in [1.29, 1.82) is 0 Å². The van der Waals surface area contributed by atoms with Crippen molar-refractivity contribution in [2.24, 2.45) is 0 Å². The third kappa shape index (κ3) is 40.9. The number of phosphoric acid groups is 1. The number of hydrogen-bond donors (Lipinski definition) is 1. The minimum atomic E-state index is -5.18. The first-order valence-electron chi connectivity index (χ1n) is 16.0. The van der Waals surface area contributed by atoms with Gasteiger partial charge < -0.3 is 38.4 Å². The summed E-state index contributed by atoms with van der Waals surface area (Å²) >= 11 is 0. The quantitative estimate of drug-likeness (QED) is 0.0351. The van der Waals surface area contributed by atoms with E-state index in [1.807, 2.05) is 0 Å². The first-order chi connectivity index (χ1) is 19.7. The molecule has 0 aliphatic carbocycles. The Kier molecular flexibility index (Phi) is 40.3. The Morgan fingerprint density at radius 3 is 1.70 bits per heavy atom. The van der Waals surface area contributed by atoms with Gasteiger partial charge in [0.05, 0.1) is 21.0 Å². The molecule has 0 heterocycles. The number of phosphoric ester groups is 1. The molecular formula is C30H58NNa2O9P. The van der Waals surface area contributed by atoms with Crippen molar-refractivity contribution in [2.75, 3.05) is 33.2 Å². The van der Waals surface area contributed by atoms with Gasteiger partial charge in [-0.05, 0) is 19.3 Å². The van der Waals surface area contributed by atoms with E-state index in [0.717, 1.165) is 57.9 Å². The summed E-state index contributed by atoms with van der Waals surface area (Å²) in [6.07, 6.45) is 20.9. The van der Waals surface area contributed by atoms with Crippen molar-refractivity contribution in [3.8, 4) is 0 Å². The molecule has 10 nitrogen and oxygen atoms in total. The Morgan fingerprint density at radius 1 is 0.698 bits per heavy atom. The molecule has 0 saturated heterocycles. The van der Waals surface area contributed by atoms with Crippen LogP contribution >= 0.6 is 7.82 Å². The topological polar surface area (TPSA) is 146 Å². The van der Waals surface area contributed by atoms with Crippen LogP contribution < -0.4 is 74.2 Å². The first-order valence-corrected chi connectivity index (χ1v) is 17.5. The van der Waals surface area contributed by atoms with Gasteiger partial charge in [0.1, 0.15) is 12.9 Å². The van der Waals surface area contributed by atoms with Crippen molar-refractivity contribution < 1.29 is 102 Å². The smallest absolute Gasteiger partial charge is 0.790 e. The molecule has 0 aliphatic heterocycles. The monoisotopic (exact) mass is 653 g/mol. The van der Waals surface area contributed by atoms with Gasteiger partial charge in [-0.15, -0.1) is 0 Å². The molecule has 244 valence electrons. The summed E-state index contributed by atoms with van der Waals surface area (Å²) in [6, 6.07) is 0. The molecule has 0 aromatic rings. The summed E-state index contributed by atoms with van der Waals surface area (Å²) in [4.78, 5) is 44.7. The van der Waals surface area contributed by atoms with Crippen LogP contribution in [0.25, 0.3) is 0 Å². The predicted octanol–water partition coefficient (Wildman–Crippen LogP) is -0.300. The Morgan fingerprint density at radius 2 is 1.19 bits per heavy atom. The Bertz CT molecular complexity index is 672. The number of nitrogens with one attached hydrogen (secondary N) is 1. The first kappa shape index (κ1) is 48.4. The maximum Gasteiger partial charge on any atom is 1.00 e. The van der Waals surface area contributed by atoms with Crippen LogP contribution in [0.4, 0.5) is 0 Å². The molecule has 13 heteroatoms. The Labute approximate surface area is 306 Å². The zero-order valence-electron chi connectivity index (χ0n) is 27.9. The molecule has 43 heavy (non-hydrogen) atoms. The molecule has 1 N–H and O–H groups in total. The number of ether oxygens (including phenoxy) is 3. The summed E-state index contributed by atoms with van der Waals surface area (Å²) in [5.74, 6) is -0.437. The number of carbonyl (C=O) groups is 2. The molecular weight excluding hydrogens is 595 g/mol. The van der Waals surface area contributed by atoms with Crippen LogP contribution in [-0.4, -0.2) is 51.1 Å². The van der Waals surface area contributed by atoms with E-state index in [0.29, 0.717) is 13.0 Å². The number of hydrogen-bond acceptors (Lipinski definition) is 9. The van der Waals surface area contributed by atoms with Gasteiger partial charge in [-0.3, -0.25) is 9.59 Å². The molecule has 1 atom stereocenters. The van der Waals surface area contributed by atoms with Crippen LogP contribution in [0.3, 0.4) is 0 Å². The maximum atomic E-state index is 12.2. The summed E-state index contributed by atoms with van der Waals surface area (Å²) in [5, 5.41) is 2.80. The van der Waals surface area contributed by atoms with E-state index < -0.39 is 26.5 Å². The van der Waals surface area contributed by atoms with E-state index in [4.69, 9.17) is 14.2 Å². The normalized spacial score (nSPS) is 11.8. The van der Waals surface area contributed by atoms with E-state index >= 15 is 0 Å². The zero-order chi connectivity index (χ0) is 30.4. The van der Waals surface area contributed by atoms with Crippen LogP contribution in [-0.2, 0) is 32.9 Å². The average molecular weight is 654 g/mol. The van der Waals surface area contributed by atoms with Crippen LogP contribution in [0.5, 0.6) is 0 Å². The number of carbonyl (C=O) groups excluding carboxylic acids is 2. The average Bonchev–Trinajstić information content (AvgIpc) is 2.91.